The monoisotopic (exact) mass is 433 g/mol. The number of carbonyl (C=O) groups excluding carboxylic acids is 1. The van der Waals surface area contributed by atoms with Crippen LogP contribution in [0.15, 0.2) is 60.9 Å². The number of aromatic nitrogens is 4. The lowest BCUT2D eigenvalue weighted by atomic mass is 10.1. The highest BCUT2D eigenvalue weighted by Crippen LogP contribution is 2.47. The van der Waals surface area contributed by atoms with E-state index in [1.165, 1.54) is 5.56 Å². The fourth-order valence-corrected chi connectivity index (χ4v) is 4.36. The van der Waals surface area contributed by atoms with Gasteiger partial charge < -0.3 is 4.57 Å². The molecule has 2 unspecified atom stereocenters. The number of fused-ring (bicyclic) bond motifs is 1. The maximum atomic E-state index is 12.9. The third-order valence-electron chi connectivity index (χ3n) is 5.92. The number of benzene rings is 2. The smallest absolute Gasteiger partial charge is 0.230 e. The van der Waals surface area contributed by atoms with Crippen LogP contribution < -0.4 is 5.32 Å². The molecule has 31 heavy (non-hydrogen) atoms. The van der Waals surface area contributed by atoms with E-state index in [0.29, 0.717) is 11.0 Å². The van der Waals surface area contributed by atoms with Gasteiger partial charge in [-0.05, 0) is 54.5 Å². The minimum Gasteiger partial charge on any atom is -0.310 e. The summed E-state index contributed by atoms with van der Waals surface area (Å²) in [6.07, 6.45) is 6.59. The van der Waals surface area contributed by atoms with Crippen LogP contribution in [0.1, 0.15) is 29.9 Å². The lowest BCUT2D eigenvalue weighted by Crippen LogP contribution is -2.18. The number of hydrogen-bond donors (Lipinski definition) is 1. The van der Waals surface area contributed by atoms with Gasteiger partial charge in [-0.2, -0.15) is 5.10 Å². The van der Waals surface area contributed by atoms with Crippen molar-refractivity contribution in [2.24, 2.45) is 13.0 Å². The summed E-state index contributed by atoms with van der Waals surface area (Å²) in [7, 11) is 1.89. The van der Waals surface area contributed by atoms with Crippen LogP contribution in [0.25, 0.3) is 11.0 Å². The lowest BCUT2D eigenvalue weighted by Gasteiger charge is -2.10. The molecule has 0 aliphatic heterocycles. The summed E-state index contributed by atoms with van der Waals surface area (Å²) in [6, 6.07) is 16.1. The van der Waals surface area contributed by atoms with E-state index in [0.717, 1.165) is 42.4 Å². The molecule has 0 saturated heterocycles. The van der Waals surface area contributed by atoms with Crippen LogP contribution in [-0.4, -0.2) is 25.2 Å². The summed E-state index contributed by atoms with van der Waals surface area (Å²) in [5.41, 5.74) is 4.19. The van der Waals surface area contributed by atoms with Crippen molar-refractivity contribution in [3.05, 3.63) is 77.1 Å². The number of anilines is 1. The van der Waals surface area contributed by atoms with E-state index in [-0.39, 0.29) is 17.7 Å². The summed E-state index contributed by atoms with van der Waals surface area (Å²) in [6.45, 7) is 0.763. The van der Waals surface area contributed by atoms with E-state index < -0.39 is 0 Å². The molecule has 0 radical (unpaired) electrons. The summed E-state index contributed by atoms with van der Waals surface area (Å²) in [4.78, 5) is 17.6. The van der Waals surface area contributed by atoms with E-state index in [2.05, 4.69) is 44.2 Å². The van der Waals surface area contributed by atoms with Crippen molar-refractivity contribution in [1.82, 2.24) is 19.3 Å². The Bertz CT molecular complexity index is 1230. The summed E-state index contributed by atoms with van der Waals surface area (Å²) < 4.78 is 3.87. The SMILES string of the molecule is Cn1cc(C2CC2C(=O)Nc2nc3cc(Cl)ccc3n2CCCc2ccccc2)cn1. The van der Waals surface area contributed by atoms with E-state index >= 15 is 0 Å². The van der Waals surface area contributed by atoms with Gasteiger partial charge >= 0.3 is 0 Å². The molecule has 1 amide bonds. The molecule has 5 rings (SSSR count). The van der Waals surface area contributed by atoms with Crippen molar-refractivity contribution in [2.45, 2.75) is 31.7 Å². The average molecular weight is 434 g/mol. The van der Waals surface area contributed by atoms with Crippen LogP contribution in [0.2, 0.25) is 5.02 Å². The number of amides is 1. The van der Waals surface area contributed by atoms with Gasteiger partial charge in [0.25, 0.3) is 0 Å². The van der Waals surface area contributed by atoms with Crippen LogP contribution in [0, 0.1) is 5.92 Å². The Hall–Kier alpha value is -3.12. The second-order valence-corrected chi connectivity index (χ2v) is 8.63. The molecule has 7 heteroatoms. The van der Waals surface area contributed by atoms with Crippen LogP contribution in [-0.2, 0) is 24.8 Å². The number of nitrogens with zero attached hydrogens (tertiary/aromatic N) is 4. The normalized spacial score (nSPS) is 17.7. The molecule has 6 nitrogen and oxygen atoms in total. The minimum atomic E-state index is -0.0367. The second-order valence-electron chi connectivity index (χ2n) is 8.19. The summed E-state index contributed by atoms with van der Waals surface area (Å²) in [5.74, 6) is 0.802. The first kappa shape index (κ1) is 19.8. The van der Waals surface area contributed by atoms with E-state index in [4.69, 9.17) is 11.6 Å². The topological polar surface area (TPSA) is 64.7 Å². The number of rotatable bonds is 7. The maximum Gasteiger partial charge on any atom is 0.230 e. The van der Waals surface area contributed by atoms with Crippen molar-refractivity contribution >= 4 is 34.5 Å². The first-order chi connectivity index (χ1) is 15.1. The second kappa shape index (κ2) is 8.19. The van der Waals surface area contributed by atoms with Gasteiger partial charge in [0, 0.05) is 30.7 Å². The number of imidazole rings is 1. The Kier molecular flexibility index (Phi) is 5.24. The van der Waals surface area contributed by atoms with Gasteiger partial charge in [0.1, 0.15) is 0 Å². The molecule has 1 aliphatic carbocycles. The zero-order chi connectivity index (χ0) is 21.4. The molecule has 1 saturated carbocycles. The van der Waals surface area contributed by atoms with Crippen LogP contribution >= 0.6 is 11.6 Å². The molecular weight excluding hydrogens is 410 g/mol. The van der Waals surface area contributed by atoms with Crippen LogP contribution in [0.5, 0.6) is 0 Å². The predicted molar refractivity (Wildman–Crippen MR) is 122 cm³/mol. The van der Waals surface area contributed by atoms with Gasteiger partial charge in [0.05, 0.1) is 17.2 Å². The maximum absolute atomic E-state index is 12.9. The molecule has 0 bridgehead atoms. The zero-order valence-corrected chi connectivity index (χ0v) is 18.1. The number of halogens is 1. The summed E-state index contributed by atoms with van der Waals surface area (Å²) >= 11 is 6.18. The molecule has 0 spiro atoms. The first-order valence-electron chi connectivity index (χ1n) is 10.6. The van der Waals surface area contributed by atoms with E-state index in [9.17, 15) is 4.79 Å². The third-order valence-corrected chi connectivity index (χ3v) is 6.15. The van der Waals surface area contributed by atoms with Crippen LogP contribution in [0.3, 0.4) is 0 Å². The molecule has 1 N–H and O–H groups in total. The van der Waals surface area contributed by atoms with Gasteiger partial charge in [-0.1, -0.05) is 41.9 Å². The van der Waals surface area contributed by atoms with Crippen molar-refractivity contribution < 1.29 is 4.79 Å². The molecule has 2 aromatic carbocycles. The van der Waals surface area contributed by atoms with Crippen molar-refractivity contribution in [1.29, 1.82) is 0 Å². The quantitative estimate of drug-likeness (QED) is 0.455. The highest BCUT2D eigenvalue weighted by molar-refractivity contribution is 6.31. The van der Waals surface area contributed by atoms with E-state index in [1.807, 2.05) is 43.7 Å². The highest BCUT2D eigenvalue weighted by atomic mass is 35.5. The summed E-state index contributed by atoms with van der Waals surface area (Å²) in [5, 5.41) is 7.94. The van der Waals surface area contributed by atoms with E-state index in [1.54, 1.807) is 4.68 Å². The Morgan fingerprint density at radius 2 is 2.06 bits per heavy atom. The van der Waals surface area contributed by atoms with Gasteiger partial charge in [0.2, 0.25) is 11.9 Å². The Balaban J connectivity index is 1.33. The molecule has 2 heterocycles. The molecule has 4 aromatic rings. The number of aryl methyl sites for hydroxylation is 3. The Labute approximate surface area is 185 Å². The lowest BCUT2D eigenvalue weighted by molar-refractivity contribution is -0.117. The van der Waals surface area contributed by atoms with Crippen molar-refractivity contribution in [3.8, 4) is 0 Å². The molecule has 1 fully saturated rings. The third kappa shape index (κ3) is 4.21. The Morgan fingerprint density at radius 3 is 2.84 bits per heavy atom. The number of nitrogens with one attached hydrogen (secondary N) is 1. The molecule has 2 aromatic heterocycles. The highest BCUT2D eigenvalue weighted by Gasteiger charge is 2.45. The van der Waals surface area contributed by atoms with Gasteiger partial charge in [-0.15, -0.1) is 0 Å². The first-order valence-corrected chi connectivity index (χ1v) is 11.0. The fourth-order valence-electron chi connectivity index (χ4n) is 4.20. The van der Waals surface area contributed by atoms with Gasteiger partial charge in [0.15, 0.2) is 0 Å². The van der Waals surface area contributed by atoms with Crippen molar-refractivity contribution in [3.63, 3.8) is 0 Å². The number of hydrogen-bond acceptors (Lipinski definition) is 3. The fraction of sp³-hybridized carbons (Fsp3) is 0.292. The minimum absolute atomic E-state index is 0.0135. The molecule has 158 valence electrons. The van der Waals surface area contributed by atoms with Gasteiger partial charge in [-0.3, -0.25) is 14.8 Å². The zero-order valence-electron chi connectivity index (χ0n) is 17.3. The average Bonchev–Trinajstić information content (AvgIpc) is 3.35. The predicted octanol–water partition coefficient (Wildman–Crippen LogP) is 4.80. The molecule has 1 aliphatic rings. The van der Waals surface area contributed by atoms with Crippen LogP contribution in [0.4, 0.5) is 5.95 Å². The Morgan fingerprint density at radius 1 is 1.23 bits per heavy atom. The van der Waals surface area contributed by atoms with Crippen molar-refractivity contribution in [2.75, 3.05) is 5.32 Å². The molecular formula is C24H24ClN5O. The molecule has 2 atom stereocenters. The standard InChI is InChI=1S/C24H24ClN5O/c1-29-15-17(14-26-29)19-13-20(19)23(31)28-24-27-21-12-18(25)9-10-22(21)30(24)11-5-8-16-6-3-2-4-7-16/h2-4,6-7,9-10,12,14-15,19-20H,5,8,11,13H2,1H3,(H,27,28,31). The van der Waals surface area contributed by atoms with Gasteiger partial charge in [-0.25, -0.2) is 4.98 Å². The number of carbonyl (C=O) groups is 1. The largest absolute Gasteiger partial charge is 0.310 e.